The number of nitrogens with zero attached hydrogens (tertiary/aromatic N) is 5. The van der Waals surface area contributed by atoms with E-state index in [1.54, 1.807) is 0 Å². The highest BCUT2D eigenvalue weighted by Crippen LogP contribution is 2.28. The molecule has 1 saturated heterocycles. The van der Waals surface area contributed by atoms with Gasteiger partial charge in [-0.1, -0.05) is 16.1 Å². The zero-order valence-corrected chi connectivity index (χ0v) is 12.4. The van der Waals surface area contributed by atoms with E-state index in [4.69, 9.17) is 11.6 Å². The Labute approximate surface area is 121 Å². The lowest BCUT2D eigenvalue weighted by Crippen LogP contribution is -2.33. The number of aromatic nitrogens is 4. The van der Waals surface area contributed by atoms with Gasteiger partial charge in [-0.05, 0) is 32.0 Å². The SMILES string of the molecule is Cn1nccc1C1CCN(Cc2nnsc2Cl)CC1. The van der Waals surface area contributed by atoms with Crippen molar-refractivity contribution in [2.75, 3.05) is 13.1 Å². The van der Waals surface area contributed by atoms with Crippen LogP contribution in [0.4, 0.5) is 0 Å². The van der Waals surface area contributed by atoms with E-state index in [1.165, 1.54) is 17.2 Å². The first-order valence-corrected chi connectivity index (χ1v) is 7.56. The van der Waals surface area contributed by atoms with Crippen molar-refractivity contribution in [1.82, 2.24) is 24.3 Å². The van der Waals surface area contributed by atoms with E-state index < -0.39 is 0 Å². The van der Waals surface area contributed by atoms with Gasteiger partial charge in [0.05, 0.1) is 0 Å². The standard InChI is InChI=1S/C12H16ClN5S/c1-17-11(2-5-14-17)9-3-6-18(7-4-9)8-10-12(13)19-16-15-10/h2,5,9H,3-4,6-8H2,1H3. The van der Waals surface area contributed by atoms with Crippen molar-refractivity contribution >= 4 is 23.1 Å². The first kappa shape index (κ1) is 13.0. The van der Waals surface area contributed by atoms with Gasteiger partial charge in [0.15, 0.2) is 0 Å². The largest absolute Gasteiger partial charge is 0.297 e. The lowest BCUT2D eigenvalue weighted by molar-refractivity contribution is 0.199. The fraction of sp³-hybridized carbons (Fsp3) is 0.583. The summed E-state index contributed by atoms with van der Waals surface area (Å²) in [6.45, 7) is 2.96. The highest BCUT2D eigenvalue weighted by molar-refractivity contribution is 7.10. The number of likely N-dealkylation sites (tertiary alicyclic amines) is 1. The molecule has 3 rings (SSSR count). The van der Waals surface area contributed by atoms with Crippen LogP contribution in [0.3, 0.4) is 0 Å². The van der Waals surface area contributed by atoms with Crippen LogP contribution in [0.5, 0.6) is 0 Å². The molecule has 0 unspecified atom stereocenters. The van der Waals surface area contributed by atoms with Gasteiger partial charge in [-0.15, -0.1) is 5.10 Å². The molecule has 0 amide bonds. The van der Waals surface area contributed by atoms with Gasteiger partial charge < -0.3 is 0 Å². The van der Waals surface area contributed by atoms with E-state index in [1.807, 2.05) is 17.9 Å². The van der Waals surface area contributed by atoms with E-state index in [0.717, 1.165) is 38.2 Å². The zero-order valence-electron chi connectivity index (χ0n) is 10.8. The number of rotatable bonds is 3. The molecule has 0 atom stereocenters. The Hall–Kier alpha value is -0.980. The maximum absolute atomic E-state index is 6.04. The maximum atomic E-state index is 6.04. The zero-order chi connectivity index (χ0) is 13.2. The molecule has 1 aliphatic rings. The Morgan fingerprint density at radius 1 is 1.42 bits per heavy atom. The van der Waals surface area contributed by atoms with Crippen molar-refractivity contribution in [2.45, 2.75) is 25.3 Å². The summed E-state index contributed by atoms with van der Waals surface area (Å²) < 4.78 is 6.58. The van der Waals surface area contributed by atoms with Gasteiger partial charge >= 0.3 is 0 Å². The van der Waals surface area contributed by atoms with E-state index in [9.17, 15) is 0 Å². The van der Waals surface area contributed by atoms with Crippen molar-refractivity contribution < 1.29 is 0 Å². The van der Waals surface area contributed by atoms with Crippen molar-refractivity contribution in [2.24, 2.45) is 7.05 Å². The van der Waals surface area contributed by atoms with Crippen molar-refractivity contribution in [3.8, 4) is 0 Å². The van der Waals surface area contributed by atoms with Gasteiger partial charge in [0.1, 0.15) is 10.0 Å². The van der Waals surface area contributed by atoms with Gasteiger partial charge in [-0.25, -0.2) is 0 Å². The summed E-state index contributed by atoms with van der Waals surface area (Å²) in [6.07, 6.45) is 4.20. The molecule has 0 aromatic carbocycles. The Kier molecular flexibility index (Phi) is 3.81. The first-order valence-electron chi connectivity index (χ1n) is 6.41. The van der Waals surface area contributed by atoms with E-state index >= 15 is 0 Å². The summed E-state index contributed by atoms with van der Waals surface area (Å²) >= 11 is 7.30. The van der Waals surface area contributed by atoms with Crippen LogP contribution in [0.1, 0.15) is 30.1 Å². The normalized spacial score (nSPS) is 18.0. The van der Waals surface area contributed by atoms with E-state index in [2.05, 4.69) is 25.7 Å². The third kappa shape index (κ3) is 2.80. The molecular weight excluding hydrogens is 282 g/mol. The minimum atomic E-state index is 0.618. The second-order valence-electron chi connectivity index (χ2n) is 4.92. The molecule has 0 radical (unpaired) electrons. The quantitative estimate of drug-likeness (QED) is 0.872. The van der Waals surface area contributed by atoms with Crippen molar-refractivity contribution in [1.29, 1.82) is 0 Å². The maximum Gasteiger partial charge on any atom is 0.138 e. The number of aryl methyl sites for hydroxylation is 1. The summed E-state index contributed by atoms with van der Waals surface area (Å²) in [7, 11) is 2.02. The minimum absolute atomic E-state index is 0.618. The summed E-state index contributed by atoms with van der Waals surface area (Å²) in [5.41, 5.74) is 2.25. The molecule has 19 heavy (non-hydrogen) atoms. The molecule has 7 heteroatoms. The highest BCUT2D eigenvalue weighted by Gasteiger charge is 2.23. The predicted octanol–water partition coefficient (Wildman–Crippen LogP) is 2.30. The fourth-order valence-electron chi connectivity index (χ4n) is 2.67. The van der Waals surface area contributed by atoms with E-state index in [0.29, 0.717) is 10.3 Å². The van der Waals surface area contributed by atoms with Crippen LogP contribution in [0.2, 0.25) is 4.34 Å². The topological polar surface area (TPSA) is 46.8 Å². The Morgan fingerprint density at radius 2 is 2.21 bits per heavy atom. The molecule has 2 aromatic heterocycles. The molecular formula is C12H16ClN5S. The lowest BCUT2D eigenvalue weighted by atomic mass is 9.93. The number of hydrogen-bond donors (Lipinski definition) is 0. The molecule has 2 aromatic rings. The molecule has 5 nitrogen and oxygen atoms in total. The molecule has 1 aliphatic heterocycles. The molecule has 0 aliphatic carbocycles. The molecule has 102 valence electrons. The smallest absolute Gasteiger partial charge is 0.138 e. The summed E-state index contributed by atoms with van der Waals surface area (Å²) in [5, 5.41) is 8.33. The summed E-state index contributed by atoms with van der Waals surface area (Å²) in [4.78, 5) is 2.40. The van der Waals surface area contributed by atoms with Crippen LogP contribution >= 0.6 is 23.1 Å². The lowest BCUT2D eigenvalue weighted by Gasteiger charge is -2.31. The molecule has 3 heterocycles. The van der Waals surface area contributed by atoms with Crippen LogP contribution in [0.25, 0.3) is 0 Å². The predicted molar refractivity (Wildman–Crippen MR) is 75.4 cm³/mol. The van der Waals surface area contributed by atoms with Gasteiger partial charge in [0.2, 0.25) is 0 Å². The molecule has 0 N–H and O–H groups in total. The van der Waals surface area contributed by atoms with Gasteiger partial charge in [0, 0.05) is 42.9 Å². The Morgan fingerprint density at radius 3 is 2.79 bits per heavy atom. The summed E-state index contributed by atoms with van der Waals surface area (Å²) in [6, 6.07) is 2.13. The second-order valence-corrected chi connectivity index (χ2v) is 6.28. The average molecular weight is 298 g/mol. The Bertz CT molecular complexity index is 544. The van der Waals surface area contributed by atoms with Crippen LogP contribution < -0.4 is 0 Å². The monoisotopic (exact) mass is 297 g/mol. The van der Waals surface area contributed by atoms with Crippen LogP contribution in [-0.2, 0) is 13.6 Å². The third-order valence-electron chi connectivity index (χ3n) is 3.75. The fourth-order valence-corrected chi connectivity index (χ4v) is 3.29. The second kappa shape index (κ2) is 5.56. The molecule has 0 spiro atoms. The van der Waals surface area contributed by atoms with Crippen LogP contribution in [-0.4, -0.2) is 37.4 Å². The molecule has 0 bridgehead atoms. The number of piperidine rings is 1. The first-order chi connectivity index (χ1) is 9.24. The van der Waals surface area contributed by atoms with Crippen LogP contribution in [0.15, 0.2) is 12.3 Å². The summed E-state index contributed by atoms with van der Waals surface area (Å²) in [5.74, 6) is 0.618. The number of hydrogen-bond acceptors (Lipinski definition) is 5. The van der Waals surface area contributed by atoms with Gasteiger partial charge in [-0.3, -0.25) is 9.58 Å². The Balaban J connectivity index is 1.58. The van der Waals surface area contributed by atoms with Crippen molar-refractivity contribution in [3.63, 3.8) is 0 Å². The average Bonchev–Trinajstić information content (AvgIpc) is 3.00. The highest BCUT2D eigenvalue weighted by atomic mass is 35.5. The van der Waals surface area contributed by atoms with Crippen molar-refractivity contribution in [3.05, 3.63) is 28.0 Å². The minimum Gasteiger partial charge on any atom is -0.297 e. The third-order valence-corrected chi connectivity index (χ3v) is 4.73. The number of halogens is 1. The molecule has 1 fully saturated rings. The van der Waals surface area contributed by atoms with E-state index in [-0.39, 0.29) is 0 Å². The van der Waals surface area contributed by atoms with Gasteiger partial charge in [0.25, 0.3) is 0 Å². The molecule has 0 saturated carbocycles. The van der Waals surface area contributed by atoms with Gasteiger partial charge in [-0.2, -0.15) is 5.10 Å². The van der Waals surface area contributed by atoms with Crippen LogP contribution in [0, 0.1) is 0 Å².